The number of hydrogen-bond acceptors (Lipinski definition) is 17. The van der Waals surface area contributed by atoms with Crippen molar-refractivity contribution in [2.24, 2.45) is 0 Å². The fourth-order valence-electron chi connectivity index (χ4n) is 10.9. The molecule has 0 saturated heterocycles. The average molecular weight is 1350 g/mol. The number of rotatable bonds is 6. The second kappa shape index (κ2) is 29.1. The molecule has 0 radical (unpaired) electrons. The van der Waals surface area contributed by atoms with Gasteiger partial charge in [0.2, 0.25) is 12.4 Å². The second-order valence-electron chi connectivity index (χ2n) is 21.6. The highest BCUT2D eigenvalue weighted by Crippen LogP contribution is 2.38. The van der Waals surface area contributed by atoms with Crippen LogP contribution in [0.5, 0.6) is 0 Å². The molecule has 0 aliphatic heterocycles. The molecule has 0 aliphatic rings. The zero-order chi connectivity index (χ0) is 68.5. The fraction of sp³-hybridized carbons (Fsp3) is 0. The van der Waals surface area contributed by atoms with Gasteiger partial charge in [0.1, 0.15) is 39.8 Å². The monoisotopic (exact) mass is 1350 g/mol. The molecular weight excluding hydrogens is 1300 g/mol. The van der Waals surface area contributed by atoms with Crippen LogP contribution in [0, 0.1) is 27.9 Å². The minimum atomic E-state index is -1.67. The minimum Gasteiger partial charge on any atom is -0.619 e. The molecular formula is C74H47BCl2F3N15O4. The number of nitrogens with zero attached hydrogens (tertiary/aromatic N) is 14. The lowest BCUT2D eigenvalue weighted by Crippen LogP contribution is -2.31. The third-order valence-corrected chi connectivity index (χ3v) is 16.2. The molecule has 4 N–H and O–H groups in total. The predicted molar refractivity (Wildman–Crippen MR) is 378 cm³/mol. The molecule has 3 aromatic carbocycles. The summed E-state index contributed by atoms with van der Waals surface area (Å²) in [7, 11) is -1.67. The summed E-state index contributed by atoms with van der Waals surface area (Å²) in [5.74, 6) is -0.730. The highest BCUT2D eigenvalue weighted by molar-refractivity contribution is 6.62. The quantitative estimate of drug-likeness (QED) is 0.0792. The van der Waals surface area contributed by atoms with Gasteiger partial charge >= 0.3 is 7.12 Å². The van der Waals surface area contributed by atoms with Gasteiger partial charge in [-0.2, -0.15) is 9.46 Å². The summed E-state index contributed by atoms with van der Waals surface area (Å²) in [5, 5.41) is 48.4. The van der Waals surface area contributed by atoms with Gasteiger partial charge in [0.15, 0.2) is 29.3 Å². The van der Waals surface area contributed by atoms with Gasteiger partial charge in [-0.05, 0) is 149 Å². The first-order valence-electron chi connectivity index (χ1n) is 30.1. The molecule has 14 heterocycles. The number of fused-ring (bicyclic) bond motifs is 7. The lowest BCUT2D eigenvalue weighted by Gasteiger charge is -2.12. The predicted octanol–water partition coefficient (Wildman–Crippen LogP) is 13.8. The van der Waals surface area contributed by atoms with Gasteiger partial charge in [-0.15, -0.1) is 0 Å². The van der Waals surface area contributed by atoms with Gasteiger partial charge < -0.3 is 26.2 Å². The number of hydrogen-bond donors (Lipinski definition) is 3. The first-order valence-corrected chi connectivity index (χ1v) is 30.8. The largest absolute Gasteiger partial charge is 0.619 e. The Balaban J connectivity index is 0.000000116. The van der Waals surface area contributed by atoms with E-state index in [0.717, 1.165) is 69.8 Å². The van der Waals surface area contributed by atoms with Crippen LogP contribution in [0.2, 0.25) is 10.0 Å². The van der Waals surface area contributed by atoms with Crippen LogP contribution in [-0.4, -0.2) is 77.0 Å². The molecule has 0 bridgehead atoms. The van der Waals surface area contributed by atoms with E-state index in [0.29, 0.717) is 88.2 Å². The number of nitrogens with two attached hydrogens (primary N) is 1. The Bertz CT molecular complexity index is 5880. The summed E-state index contributed by atoms with van der Waals surface area (Å²) in [6.45, 7) is 0. The molecule has 480 valence electrons. The molecule has 99 heavy (non-hydrogen) atoms. The Morgan fingerprint density at radius 2 is 0.798 bits per heavy atom. The van der Waals surface area contributed by atoms with Crippen molar-refractivity contribution >= 4 is 118 Å². The normalized spacial score (nSPS) is 10.9. The second-order valence-corrected chi connectivity index (χ2v) is 22.5. The smallest absolute Gasteiger partial charge is 0.489 e. The van der Waals surface area contributed by atoms with Gasteiger partial charge in [0.25, 0.3) is 0 Å². The third-order valence-electron chi connectivity index (χ3n) is 15.5. The molecule has 17 aromatic rings. The van der Waals surface area contributed by atoms with Crippen LogP contribution in [0.3, 0.4) is 0 Å². The van der Waals surface area contributed by atoms with Crippen LogP contribution in [0.15, 0.2) is 263 Å². The zero-order valence-electron chi connectivity index (χ0n) is 51.3. The first kappa shape index (κ1) is 65.0. The maximum Gasteiger partial charge on any atom is 0.489 e. The van der Waals surface area contributed by atoms with Crippen molar-refractivity contribution in [1.29, 1.82) is 0 Å². The molecule has 0 amide bonds. The van der Waals surface area contributed by atoms with E-state index in [4.69, 9.17) is 28.9 Å². The highest BCUT2D eigenvalue weighted by atomic mass is 35.5. The van der Waals surface area contributed by atoms with E-state index in [-0.39, 0.29) is 17.1 Å². The maximum absolute atomic E-state index is 14.4. The van der Waals surface area contributed by atoms with Crippen molar-refractivity contribution < 1.29 is 32.7 Å². The molecule has 0 spiro atoms. The Hall–Kier alpha value is -12.7. The molecule has 0 fully saturated rings. The van der Waals surface area contributed by atoms with Gasteiger partial charge in [0.05, 0.1) is 38.8 Å². The first-order chi connectivity index (χ1) is 48.2. The number of aromatic nitrogens is 14. The van der Waals surface area contributed by atoms with Gasteiger partial charge in [-0.25, -0.2) is 58.0 Å². The van der Waals surface area contributed by atoms with Crippen LogP contribution in [0.4, 0.5) is 19.0 Å². The summed E-state index contributed by atoms with van der Waals surface area (Å²) < 4.78 is 44.1. The van der Waals surface area contributed by atoms with Crippen LogP contribution in [0.1, 0.15) is 0 Å². The highest BCUT2D eigenvalue weighted by Gasteiger charge is 2.21. The van der Waals surface area contributed by atoms with E-state index < -0.39 is 12.9 Å². The molecule has 17 rings (SSSR count). The number of anilines is 1. The Kier molecular flexibility index (Phi) is 19.1. The number of halogens is 5. The molecule has 0 aliphatic carbocycles. The number of nitrogen functional groups attached to an aromatic ring is 1. The van der Waals surface area contributed by atoms with Crippen LogP contribution < -0.4 is 20.7 Å². The third kappa shape index (κ3) is 14.2. The molecule has 25 heteroatoms. The zero-order valence-corrected chi connectivity index (χ0v) is 52.9. The molecule has 0 atom stereocenters. The SMILES string of the molecule is Clc1ccnc2cnccc12.Nc1nccc2c(-c3cc(-c4ccccc4F)nc4ncccc34)ccnc12.OB(O)c1cc(-c2ccccc2F)nc2ncccc12.[O-][n+]1ccc2c(-c3cc(-c4ccccc4F)nc4ncccc34)ccnc2c1.[O-][n+]1ccc2c(Cl)ccnc2c1. The van der Waals surface area contributed by atoms with Gasteiger partial charge in [-0.3, -0.25) is 15.0 Å². The Morgan fingerprint density at radius 3 is 1.32 bits per heavy atom. The van der Waals surface area contributed by atoms with E-state index in [2.05, 4.69) is 59.8 Å². The standard InChI is InChI=1S/C22H14FN5.C22H13FN4O.C14H10BFN2O2.C8H5ClN2O.C8H5ClN2/c23-18-6-2-1-4-16(18)19-12-17(15-5-3-9-27-22(15)28-19)13-7-10-25-20-14(13)8-11-26-21(20)24;23-19-6-2-1-4-17(19)20-12-18(16-5-3-9-25-22(16)26-20)14-7-10-24-21-13-27(28)11-8-15(14)21;16-12-6-2-1-4-10(12)13-8-11(15(19)20)9-5-3-7-17-14(9)18-13;9-7-1-3-10-8-5-11(12)4-2-6(7)8;9-7-2-4-11-8-5-10-3-1-6(7)8/h1-12H,(H2,24,26);1-13H;1-8,19-20H;1-5H;1-5H. The fourth-order valence-corrected chi connectivity index (χ4v) is 11.4. The van der Waals surface area contributed by atoms with E-state index >= 15 is 0 Å². The minimum absolute atomic E-state index is 0.251. The van der Waals surface area contributed by atoms with Crippen molar-refractivity contribution in [3.63, 3.8) is 0 Å². The molecule has 0 unspecified atom stereocenters. The van der Waals surface area contributed by atoms with Crippen molar-refractivity contribution in [3.05, 3.63) is 301 Å². The van der Waals surface area contributed by atoms with Gasteiger partial charge in [0, 0.05) is 122 Å². The van der Waals surface area contributed by atoms with Gasteiger partial charge in [-0.1, -0.05) is 65.7 Å². The summed E-state index contributed by atoms with van der Waals surface area (Å²) in [6.07, 6.45) is 22.2. The van der Waals surface area contributed by atoms with Crippen LogP contribution >= 0.6 is 23.2 Å². The van der Waals surface area contributed by atoms with Crippen molar-refractivity contribution in [3.8, 4) is 56.0 Å². The average Bonchev–Trinajstić information content (AvgIpc) is 0.771. The maximum atomic E-state index is 14.4. The molecule has 19 nitrogen and oxygen atoms in total. The topological polar surface area (TPSA) is 275 Å². The van der Waals surface area contributed by atoms with Crippen molar-refractivity contribution in [2.45, 2.75) is 0 Å². The summed E-state index contributed by atoms with van der Waals surface area (Å²) >= 11 is 11.7. The van der Waals surface area contributed by atoms with Crippen LogP contribution in [-0.2, 0) is 0 Å². The van der Waals surface area contributed by atoms with E-state index in [1.807, 2.05) is 60.7 Å². The summed E-state index contributed by atoms with van der Waals surface area (Å²) in [5.41, 5.74) is 16.3. The lowest BCUT2D eigenvalue weighted by molar-refractivity contribution is -0.604. The Labute approximate surface area is 570 Å². The molecule has 14 aromatic heterocycles. The van der Waals surface area contributed by atoms with E-state index in [9.17, 15) is 33.6 Å². The summed E-state index contributed by atoms with van der Waals surface area (Å²) in [6, 6.07) is 49.8. The van der Waals surface area contributed by atoms with Crippen molar-refractivity contribution in [1.82, 2.24) is 59.8 Å². The van der Waals surface area contributed by atoms with E-state index in [1.165, 1.54) is 49.1 Å². The van der Waals surface area contributed by atoms with E-state index in [1.54, 1.807) is 153 Å². The van der Waals surface area contributed by atoms with Crippen LogP contribution in [0.25, 0.3) is 133 Å². The number of benzene rings is 3. The van der Waals surface area contributed by atoms with Crippen molar-refractivity contribution in [2.75, 3.05) is 5.73 Å². The lowest BCUT2D eigenvalue weighted by atomic mass is 9.78. The Morgan fingerprint density at radius 1 is 0.374 bits per heavy atom. The number of pyridine rings is 14. The summed E-state index contributed by atoms with van der Waals surface area (Å²) in [4.78, 5) is 51.1. The molecule has 0 saturated carbocycles.